The van der Waals surface area contributed by atoms with Crippen LogP contribution in [-0.4, -0.2) is 26.6 Å². The third-order valence-electron chi connectivity index (χ3n) is 6.13. The van der Waals surface area contributed by atoms with Crippen LogP contribution in [0.1, 0.15) is 16.8 Å². The Morgan fingerprint density at radius 3 is 1.92 bits per heavy atom. The van der Waals surface area contributed by atoms with Crippen LogP contribution in [0.4, 0.5) is 5.69 Å². The Kier molecular flexibility index (Phi) is 7.49. The fourth-order valence-electron chi connectivity index (χ4n) is 4.20. The number of anilines is 1. The van der Waals surface area contributed by atoms with E-state index >= 15 is 0 Å². The molecule has 0 saturated heterocycles. The molecular weight excluding hydrogens is 527 g/mol. The van der Waals surface area contributed by atoms with E-state index in [-0.39, 0.29) is 6.54 Å². The molecule has 0 radical (unpaired) electrons. The highest BCUT2D eigenvalue weighted by Gasteiger charge is 2.38. The van der Waals surface area contributed by atoms with Crippen LogP contribution in [0.15, 0.2) is 103 Å². The quantitative estimate of drug-likeness (QED) is 0.213. The van der Waals surface area contributed by atoms with E-state index in [1.165, 1.54) is 0 Å². The van der Waals surface area contributed by atoms with Gasteiger partial charge in [-0.25, -0.2) is 4.68 Å². The minimum Gasteiger partial charge on any atom is -0.381 e. The number of nitrogens with zero attached hydrogens (tertiary/aromatic N) is 3. The van der Waals surface area contributed by atoms with Crippen molar-refractivity contribution in [2.24, 2.45) is 0 Å². The molecule has 1 unspecified atom stereocenters. The third-order valence-corrected chi connectivity index (χ3v) is 6.89. The van der Waals surface area contributed by atoms with E-state index in [9.17, 15) is 5.11 Å². The molecule has 5 nitrogen and oxygen atoms in total. The van der Waals surface area contributed by atoms with Gasteiger partial charge < -0.3 is 10.4 Å². The molecule has 0 aliphatic rings. The number of rotatable bonds is 8. The average molecular weight is 550 g/mol. The van der Waals surface area contributed by atoms with Gasteiger partial charge in [-0.1, -0.05) is 94.6 Å². The first-order chi connectivity index (χ1) is 17.9. The molecule has 1 aromatic heterocycles. The molecule has 2 N–H and O–H groups in total. The molecule has 1 atom stereocenters. The lowest BCUT2D eigenvalue weighted by molar-refractivity contribution is 0.0907. The molecule has 0 fully saturated rings. The van der Waals surface area contributed by atoms with Gasteiger partial charge in [0.1, 0.15) is 5.69 Å². The monoisotopic (exact) mass is 548 g/mol. The maximum atomic E-state index is 12.4. The van der Waals surface area contributed by atoms with E-state index < -0.39 is 5.60 Å². The Morgan fingerprint density at radius 2 is 1.30 bits per heavy atom. The van der Waals surface area contributed by atoms with Crippen LogP contribution >= 0.6 is 34.8 Å². The van der Waals surface area contributed by atoms with Crippen molar-refractivity contribution in [3.63, 3.8) is 0 Å². The lowest BCUT2D eigenvalue weighted by atomic mass is 9.87. The zero-order chi connectivity index (χ0) is 25.8. The Balaban J connectivity index is 1.64. The van der Waals surface area contributed by atoms with Gasteiger partial charge in [-0.2, -0.15) is 0 Å². The standard InChI is InChI=1S/C29H23Cl3N4O/c30-23-10-6-21(7-11-23)27-28(34-35-36(27)18-20-4-2-1-3-5-20)29(37,22-8-12-24(31)13-9-22)19-33-26-16-14-25(32)15-17-26/h1-17,33,37H,18-19H2. The summed E-state index contributed by atoms with van der Waals surface area (Å²) in [4.78, 5) is 0. The summed E-state index contributed by atoms with van der Waals surface area (Å²) in [5.74, 6) is 0. The number of aliphatic hydroxyl groups is 1. The molecule has 5 aromatic rings. The number of nitrogens with one attached hydrogen (secondary N) is 1. The summed E-state index contributed by atoms with van der Waals surface area (Å²) in [5, 5.41) is 26.5. The van der Waals surface area contributed by atoms with Crippen LogP contribution in [0, 0.1) is 0 Å². The molecule has 0 amide bonds. The molecule has 37 heavy (non-hydrogen) atoms. The first-order valence-corrected chi connectivity index (χ1v) is 12.8. The van der Waals surface area contributed by atoms with Crippen LogP contribution in [0.3, 0.4) is 0 Å². The van der Waals surface area contributed by atoms with Gasteiger partial charge in [-0.15, -0.1) is 5.10 Å². The van der Waals surface area contributed by atoms with Crippen molar-refractivity contribution in [3.8, 4) is 11.3 Å². The maximum Gasteiger partial charge on any atom is 0.153 e. The van der Waals surface area contributed by atoms with E-state index in [0.717, 1.165) is 16.8 Å². The van der Waals surface area contributed by atoms with Gasteiger partial charge in [0, 0.05) is 26.3 Å². The SMILES string of the molecule is OC(CNc1ccc(Cl)cc1)(c1ccc(Cl)cc1)c1nnn(Cc2ccccc2)c1-c1ccc(Cl)cc1. The van der Waals surface area contributed by atoms with Gasteiger partial charge in [0.2, 0.25) is 0 Å². The number of halogens is 3. The number of hydrogen-bond donors (Lipinski definition) is 2. The van der Waals surface area contributed by atoms with E-state index in [1.807, 2.05) is 66.7 Å². The first-order valence-electron chi connectivity index (χ1n) is 11.6. The highest BCUT2D eigenvalue weighted by Crippen LogP contribution is 2.37. The van der Waals surface area contributed by atoms with Crippen LogP contribution in [0.2, 0.25) is 15.1 Å². The van der Waals surface area contributed by atoms with Crippen molar-refractivity contribution in [2.75, 3.05) is 11.9 Å². The lowest BCUT2D eigenvalue weighted by Crippen LogP contribution is -2.36. The summed E-state index contributed by atoms with van der Waals surface area (Å²) in [6, 6.07) is 31.8. The smallest absolute Gasteiger partial charge is 0.153 e. The second-order valence-corrected chi connectivity index (χ2v) is 9.97. The molecule has 0 saturated carbocycles. The van der Waals surface area contributed by atoms with Crippen LogP contribution in [0.5, 0.6) is 0 Å². The van der Waals surface area contributed by atoms with E-state index in [1.54, 1.807) is 41.1 Å². The summed E-state index contributed by atoms with van der Waals surface area (Å²) in [7, 11) is 0. The minimum absolute atomic E-state index is 0.126. The second kappa shape index (κ2) is 11.0. The number of aromatic nitrogens is 3. The number of hydrogen-bond acceptors (Lipinski definition) is 4. The molecule has 0 bridgehead atoms. The van der Waals surface area contributed by atoms with E-state index in [2.05, 4.69) is 15.6 Å². The Labute approximate surface area is 230 Å². The van der Waals surface area contributed by atoms with E-state index in [4.69, 9.17) is 34.8 Å². The summed E-state index contributed by atoms with van der Waals surface area (Å²) >= 11 is 18.4. The fraction of sp³-hybridized carbons (Fsp3) is 0.103. The summed E-state index contributed by atoms with van der Waals surface area (Å²) in [5.41, 5.74) is 2.88. The van der Waals surface area contributed by atoms with E-state index in [0.29, 0.717) is 38.6 Å². The van der Waals surface area contributed by atoms with Crippen molar-refractivity contribution in [1.82, 2.24) is 15.0 Å². The Morgan fingerprint density at radius 1 is 0.730 bits per heavy atom. The van der Waals surface area contributed by atoms with Crippen LogP contribution in [0.25, 0.3) is 11.3 Å². The molecule has 1 heterocycles. The van der Waals surface area contributed by atoms with Gasteiger partial charge in [0.25, 0.3) is 0 Å². The van der Waals surface area contributed by atoms with Gasteiger partial charge in [-0.05, 0) is 59.7 Å². The summed E-state index contributed by atoms with van der Waals surface area (Å²) < 4.78 is 1.80. The van der Waals surface area contributed by atoms with Crippen molar-refractivity contribution in [3.05, 3.63) is 135 Å². The normalized spacial score (nSPS) is 12.8. The zero-order valence-corrected chi connectivity index (χ0v) is 21.9. The molecule has 186 valence electrons. The zero-order valence-electron chi connectivity index (χ0n) is 19.7. The molecule has 0 spiro atoms. The molecule has 5 rings (SSSR count). The van der Waals surface area contributed by atoms with Crippen LogP contribution in [-0.2, 0) is 12.1 Å². The van der Waals surface area contributed by atoms with Crippen molar-refractivity contribution < 1.29 is 5.11 Å². The van der Waals surface area contributed by atoms with Gasteiger partial charge in [0.05, 0.1) is 18.8 Å². The second-order valence-electron chi connectivity index (χ2n) is 8.66. The van der Waals surface area contributed by atoms with Gasteiger partial charge >= 0.3 is 0 Å². The minimum atomic E-state index is -1.55. The lowest BCUT2D eigenvalue weighted by Gasteiger charge is -2.29. The fourth-order valence-corrected chi connectivity index (χ4v) is 4.58. The summed E-state index contributed by atoms with van der Waals surface area (Å²) in [6.07, 6.45) is 0. The highest BCUT2D eigenvalue weighted by atomic mass is 35.5. The Bertz CT molecular complexity index is 1470. The Hall–Kier alpha value is -3.35. The third kappa shape index (κ3) is 5.65. The molecule has 0 aliphatic heterocycles. The predicted molar refractivity (Wildman–Crippen MR) is 150 cm³/mol. The van der Waals surface area contributed by atoms with Gasteiger partial charge in [0.15, 0.2) is 5.60 Å². The van der Waals surface area contributed by atoms with Gasteiger partial charge in [-0.3, -0.25) is 0 Å². The highest BCUT2D eigenvalue weighted by molar-refractivity contribution is 6.31. The molecular formula is C29H23Cl3N4O. The van der Waals surface area contributed by atoms with Crippen molar-refractivity contribution in [1.29, 1.82) is 0 Å². The predicted octanol–water partition coefficient (Wildman–Crippen LogP) is 7.30. The topological polar surface area (TPSA) is 63.0 Å². The first kappa shape index (κ1) is 25.3. The molecule has 8 heteroatoms. The van der Waals surface area contributed by atoms with Crippen molar-refractivity contribution in [2.45, 2.75) is 12.1 Å². The largest absolute Gasteiger partial charge is 0.381 e. The molecule has 4 aromatic carbocycles. The van der Waals surface area contributed by atoms with Crippen LogP contribution < -0.4 is 5.32 Å². The average Bonchev–Trinajstić information content (AvgIpc) is 3.33. The maximum absolute atomic E-state index is 12.4. The number of benzene rings is 4. The molecule has 0 aliphatic carbocycles. The van der Waals surface area contributed by atoms with Crippen molar-refractivity contribution >= 4 is 40.5 Å². The summed E-state index contributed by atoms with van der Waals surface area (Å²) in [6.45, 7) is 0.605.